The van der Waals surface area contributed by atoms with Gasteiger partial charge in [0.15, 0.2) is 0 Å². The number of nitrogens with zero attached hydrogens (tertiary/aromatic N) is 1. The molecule has 0 aromatic heterocycles. The largest absolute Gasteiger partial charge is 0.335 e. The van der Waals surface area contributed by atoms with Crippen LogP contribution >= 0.6 is 39.1 Å². The van der Waals surface area contributed by atoms with Gasteiger partial charge >= 0.3 is 0 Å². The predicted octanol–water partition coefficient (Wildman–Crippen LogP) is 5.59. The van der Waals surface area contributed by atoms with Crippen molar-refractivity contribution in [2.45, 2.75) is 13.0 Å². The number of hydrogen-bond donors (Lipinski definition) is 0. The molecule has 0 fully saturated rings. The van der Waals surface area contributed by atoms with E-state index >= 15 is 0 Å². The summed E-state index contributed by atoms with van der Waals surface area (Å²) >= 11 is 15.2. The van der Waals surface area contributed by atoms with Crippen LogP contribution in [0.1, 0.15) is 28.9 Å². The van der Waals surface area contributed by atoms with Gasteiger partial charge in [0.2, 0.25) is 0 Å². The zero-order valence-electron chi connectivity index (χ0n) is 11.6. The van der Waals surface area contributed by atoms with E-state index in [1.165, 1.54) is 0 Å². The van der Waals surface area contributed by atoms with Gasteiger partial charge in [0, 0.05) is 27.1 Å². The van der Waals surface area contributed by atoms with Crippen molar-refractivity contribution in [3.8, 4) is 0 Å². The normalized spacial score (nSPS) is 12.0. The Bertz CT molecular complexity index is 638. The summed E-state index contributed by atoms with van der Waals surface area (Å²) in [4.78, 5) is 14.2. The van der Waals surface area contributed by atoms with E-state index in [-0.39, 0.29) is 11.9 Å². The highest BCUT2D eigenvalue weighted by Crippen LogP contribution is 2.25. The Balaban J connectivity index is 2.23. The SMILES string of the molecule is CC(c1ccc(Cl)cc1)N(C)C(=O)c1cc(Cl)cc(Br)c1. The zero-order valence-corrected chi connectivity index (χ0v) is 14.7. The highest BCUT2D eigenvalue weighted by Gasteiger charge is 2.19. The van der Waals surface area contributed by atoms with Crippen molar-refractivity contribution >= 4 is 45.0 Å². The third-order valence-electron chi connectivity index (χ3n) is 3.36. The van der Waals surface area contributed by atoms with Crippen LogP contribution in [0, 0.1) is 0 Å². The third kappa shape index (κ3) is 4.00. The first-order valence-corrected chi connectivity index (χ1v) is 7.92. The molecule has 5 heteroatoms. The van der Waals surface area contributed by atoms with E-state index in [1.54, 1.807) is 30.1 Å². The number of hydrogen-bond acceptors (Lipinski definition) is 1. The van der Waals surface area contributed by atoms with Crippen molar-refractivity contribution in [2.24, 2.45) is 0 Å². The topological polar surface area (TPSA) is 20.3 Å². The fourth-order valence-corrected chi connectivity index (χ4v) is 3.01. The Kier molecular flexibility index (Phi) is 5.31. The molecule has 0 aliphatic heterocycles. The van der Waals surface area contributed by atoms with Gasteiger partial charge in [-0.15, -0.1) is 0 Å². The van der Waals surface area contributed by atoms with Gasteiger partial charge in [-0.3, -0.25) is 4.79 Å². The van der Waals surface area contributed by atoms with Crippen LogP contribution in [0.5, 0.6) is 0 Å². The van der Waals surface area contributed by atoms with Gasteiger partial charge in [-0.2, -0.15) is 0 Å². The maximum Gasteiger partial charge on any atom is 0.254 e. The van der Waals surface area contributed by atoms with Gasteiger partial charge in [0.1, 0.15) is 0 Å². The van der Waals surface area contributed by atoms with Crippen molar-refractivity contribution in [1.82, 2.24) is 4.90 Å². The minimum Gasteiger partial charge on any atom is -0.335 e. The summed E-state index contributed by atoms with van der Waals surface area (Å²) in [6, 6.07) is 12.6. The first-order valence-electron chi connectivity index (χ1n) is 6.37. The molecular weight excluding hydrogens is 373 g/mol. The van der Waals surface area contributed by atoms with Crippen molar-refractivity contribution in [3.63, 3.8) is 0 Å². The molecule has 0 aliphatic rings. The predicted molar refractivity (Wildman–Crippen MR) is 91.1 cm³/mol. The van der Waals surface area contributed by atoms with Crippen molar-refractivity contribution in [1.29, 1.82) is 0 Å². The molecule has 1 amide bonds. The van der Waals surface area contributed by atoms with Gasteiger partial charge in [-0.05, 0) is 42.8 Å². The number of rotatable bonds is 3. The lowest BCUT2D eigenvalue weighted by Gasteiger charge is -2.25. The average molecular weight is 387 g/mol. The van der Waals surface area contributed by atoms with Crippen molar-refractivity contribution < 1.29 is 4.79 Å². The molecule has 110 valence electrons. The standard InChI is InChI=1S/C16H14BrCl2NO/c1-10(11-3-5-14(18)6-4-11)20(2)16(21)12-7-13(17)9-15(19)8-12/h3-10H,1-2H3. The summed E-state index contributed by atoms with van der Waals surface area (Å²) in [6.45, 7) is 1.97. The highest BCUT2D eigenvalue weighted by molar-refractivity contribution is 9.10. The third-order valence-corrected chi connectivity index (χ3v) is 4.29. The van der Waals surface area contributed by atoms with E-state index in [9.17, 15) is 4.79 Å². The minimum absolute atomic E-state index is 0.0625. The fourth-order valence-electron chi connectivity index (χ4n) is 2.02. The molecule has 0 spiro atoms. The van der Waals surface area contributed by atoms with Crippen LogP contribution in [0.4, 0.5) is 0 Å². The maximum absolute atomic E-state index is 12.6. The van der Waals surface area contributed by atoms with E-state index in [0.29, 0.717) is 15.6 Å². The zero-order chi connectivity index (χ0) is 15.6. The van der Waals surface area contributed by atoms with E-state index in [0.717, 1.165) is 10.0 Å². The van der Waals surface area contributed by atoms with Crippen LogP contribution < -0.4 is 0 Å². The molecule has 0 aliphatic carbocycles. The second kappa shape index (κ2) is 6.82. The molecule has 1 atom stereocenters. The molecule has 2 rings (SSSR count). The second-order valence-corrected chi connectivity index (χ2v) is 6.59. The highest BCUT2D eigenvalue weighted by atomic mass is 79.9. The van der Waals surface area contributed by atoms with E-state index in [1.807, 2.05) is 31.2 Å². The van der Waals surface area contributed by atoms with Crippen molar-refractivity contribution in [3.05, 3.63) is 68.1 Å². The molecule has 0 heterocycles. The summed E-state index contributed by atoms with van der Waals surface area (Å²) in [5.41, 5.74) is 1.58. The smallest absolute Gasteiger partial charge is 0.254 e. The number of benzene rings is 2. The van der Waals surface area contributed by atoms with Crippen LogP contribution in [-0.2, 0) is 0 Å². The van der Waals surface area contributed by atoms with Crippen LogP contribution in [0.3, 0.4) is 0 Å². The van der Waals surface area contributed by atoms with Crippen LogP contribution in [0.15, 0.2) is 46.9 Å². The second-order valence-electron chi connectivity index (χ2n) is 4.80. The first kappa shape index (κ1) is 16.3. The Hall–Kier alpha value is -1.03. The van der Waals surface area contributed by atoms with Gasteiger partial charge in [0.25, 0.3) is 5.91 Å². The minimum atomic E-state index is -0.0827. The van der Waals surface area contributed by atoms with E-state index in [4.69, 9.17) is 23.2 Å². The molecule has 0 saturated carbocycles. The van der Waals surface area contributed by atoms with Crippen LogP contribution in [0.25, 0.3) is 0 Å². The first-order chi connectivity index (χ1) is 9.88. The Labute approximate surface area is 142 Å². The van der Waals surface area contributed by atoms with Crippen molar-refractivity contribution in [2.75, 3.05) is 7.05 Å². The summed E-state index contributed by atoms with van der Waals surface area (Å²) in [7, 11) is 1.77. The summed E-state index contributed by atoms with van der Waals surface area (Å²) in [5, 5.41) is 1.21. The van der Waals surface area contributed by atoms with Gasteiger partial charge in [-0.1, -0.05) is 51.3 Å². The Morgan fingerprint density at radius 1 is 1.10 bits per heavy atom. The molecule has 1 unspecified atom stereocenters. The van der Waals surface area contributed by atoms with Crippen LogP contribution in [0.2, 0.25) is 10.0 Å². The monoisotopic (exact) mass is 385 g/mol. The maximum atomic E-state index is 12.6. The Morgan fingerprint density at radius 3 is 2.29 bits per heavy atom. The molecule has 2 aromatic rings. The molecule has 0 radical (unpaired) electrons. The molecule has 2 nitrogen and oxygen atoms in total. The fraction of sp³-hybridized carbons (Fsp3) is 0.188. The van der Waals surface area contributed by atoms with Gasteiger partial charge < -0.3 is 4.90 Å². The molecule has 2 aromatic carbocycles. The quantitative estimate of drug-likeness (QED) is 0.673. The molecule has 0 bridgehead atoms. The Morgan fingerprint density at radius 2 is 1.71 bits per heavy atom. The van der Waals surface area contributed by atoms with E-state index < -0.39 is 0 Å². The summed E-state index contributed by atoms with van der Waals surface area (Å²) in [6.07, 6.45) is 0. The average Bonchev–Trinajstić information content (AvgIpc) is 2.44. The summed E-state index contributed by atoms with van der Waals surface area (Å²) < 4.78 is 0.783. The van der Waals surface area contributed by atoms with Crippen LogP contribution in [-0.4, -0.2) is 17.9 Å². The summed E-state index contributed by atoms with van der Waals surface area (Å²) in [5.74, 6) is -0.0827. The van der Waals surface area contributed by atoms with E-state index in [2.05, 4.69) is 15.9 Å². The van der Waals surface area contributed by atoms with Gasteiger partial charge in [-0.25, -0.2) is 0 Å². The number of amides is 1. The number of carbonyl (C=O) groups excluding carboxylic acids is 1. The molecular formula is C16H14BrCl2NO. The number of halogens is 3. The molecule has 0 N–H and O–H groups in total. The lowest BCUT2D eigenvalue weighted by molar-refractivity contribution is 0.0742. The lowest BCUT2D eigenvalue weighted by Crippen LogP contribution is -2.29. The number of carbonyl (C=O) groups is 1. The van der Waals surface area contributed by atoms with Gasteiger partial charge in [0.05, 0.1) is 6.04 Å². The molecule has 21 heavy (non-hydrogen) atoms. The lowest BCUT2D eigenvalue weighted by atomic mass is 10.1. The molecule has 0 saturated heterocycles.